The normalized spacial score (nSPS) is 10.4. The zero-order valence-corrected chi connectivity index (χ0v) is 12.3. The molecular formula is C15H23ClN2O. The van der Waals surface area contributed by atoms with Crippen LogP contribution in [0.2, 0.25) is 5.02 Å². The number of hydrogen-bond acceptors (Lipinski definition) is 2. The summed E-state index contributed by atoms with van der Waals surface area (Å²) in [6.45, 7) is 3.43. The fraction of sp³-hybridized carbons (Fsp3) is 0.533. The van der Waals surface area contributed by atoms with Crippen LogP contribution in [0.4, 0.5) is 5.69 Å². The molecule has 0 saturated heterocycles. The van der Waals surface area contributed by atoms with E-state index in [1.807, 2.05) is 12.1 Å². The Morgan fingerprint density at radius 1 is 1.16 bits per heavy atom. The van der Waals surface area contributed by atoms with Crippen molar-refractivity contribution in [2.24, 2.45) is 0 Å². The van der Waals surface area contributed by atoms with E-state index in [2.05, 4.69) is 17.6 Å². The summed E-state index contributed by atoms with van der Waals surface area (Å²) in [6.07, 6.45) is 6.19. The molecule has 1 aromatic rings. The molecular weight excluding hydrogens is 260 g/mol. The molecule has 0 aliphatic heterocycles. The third-order valence-corrected chi connectivity index (χ3v) is 3.22. The molecule has 0 spiro atoms. The van der Waals surface area contributed by atoms with Crippen LogP contribution >= 0.6 is 11.6 Å². The molecule has 0 atom stereocenters. The van der Waals surface area contributed by atoms with Crippen molar-refractivity contribution in [2.45, 2.75) is 39.0 Å². The molecule has 1 amide bonds. The van der Waals surface area contributed by atoms with Crippen LogP contribution in [-0.2, 0) is 4.79 Å². The summed E-state index contributed by atoms with van der Waals surface area (Å²) >= 11 is 5.97. The van der Waals surface area contributed by atoms with Crippen molar-refractivity contribution in [3.8, 4) is 0 Å². The number of para-hydroxylation sites is 1. The average molecular weight is 283 g/mol. The number of unbranched alkanes of at least 4 members (excludes halogenated alkanes) is 4. The molecule has 0 unspecified atom stereocenters. The summed E-state index contributed by atoms with van der Waals surface area (Å²) in [5.41, 5.74) is 0.666. The minimum Gasteiger partial charge on any atom is -0.324 e. The van der Waals surface area contributed by atoms with E-state index in [9.17, 15) is 4.79 Å². The van der Waals surface area contributed by atoms with Gasteiger partial charge in [0.1, 0.15) is 0 Å². The number of rotatable bonds is 9. The van der Waals surface area contributed by atoms with Crippen LogP contribution < -0.4 is 10.6 Å². The summed E-state index contributed by atoms with van der Waals surface area (Å²) in [4.78, 5) is 11.7. The van der Waals surface area contributed by atoms with Crippen molar-refractivity contribution in [3.05, 3.63) is 29.3 Å². The molecule has 2 N–H and O–H groups in total. The van der Waals surface area contributed by atoms with E-state index >= 15 is 0 Å². The van der Waals surface area contributed by atoms with E-state index in [-0.39, 0.29) is 5.91 Å². The molecule has 106 valence electrons. The van der Waals surface area contributed by atoms with Crippen molar-refractivity contribution in [3.63, 3.8) is 0 Å². The number of halogens is 1. The van der Waals surface area contributed by atoms with Gasteiger partial charge in [-0.15, -0.1) is 0 Å². The Kier molecular flexibility index (Phi) is 8.26. The quantitative estimate of drug-likeness (QED) is 0.676. The Balaban J connectivity index is 2.10. The van der Waals surface area contributed by atoms with E-state index < -0.39 is 0 Å². The maximum absolute atomic E-state index is 11.7. The van der Waals surface area contributed by atoms with Gasteiger partial charge in [-0.25, -0.2) is 0 Å². The summed E-state index contributed by atoms with van der Waals surface area (Å²) in [5.74, 6) is -0.0540. The Hall–Kier alpha value is -1.06. The molecule has 19 heavy (non-hydrogen) atoms. The van der Waals surface area contributed by atoms with Crippen LogP contribution in [0, 0.1) is 0 Å². The first-order valence-corrected chi connectivity index (χ1v) is 7.37. The van der Waals surface area contributed by atoms with Crippen molar-refractivity contribution in [1.29, 1.82) is 0 Å². The first-order chi connectivity index (χ1) is 9.24. The zero-order chi connectivity index (χ0) is 13.9. The second-order valence-corrected chi connectivity index (χ2v) is 5.03. The number of anilines is 1. The predicted molar refractivity (Wildman–Crippen MR) is 81.7 cm³/mol. The lowest BCUT2D eigenvalue weighted by molar-refractivity contribution is -0.115. The number of hydrogen-bond donors (Lipinski definition) is 2. The Morgan fingerprint density at radius 3 is 2.63 bits per heavy atom. The summed E-state index contributed by atoms with van der Waals surface area (Å²) in [6, 6.07) is 7.25. The fourth-order valence-electron chi connectivity index (χ4n) is 1.81. The lowest BCUT2D eigenvalue weighted by Crippen LogP contribution is -2.28. The van der Waals surface area contributed by atoms with Gasteiger partial charge in [-0.05, 0) is 25.1 Å². The molecule has 0 aliphatic carbocycles. The number of benzene rings is 1. The van der Waals surface area contributed by atoms with E-state index in [0.717, 1.165) is 13.0 Å². The average Bonchev–Trinajstić information content (AvgIpc) is 2.40. The van der Waals surface area contributed by atoms with Gasteiger partial charge in [0.2, 0.25) is 5.91 Å². The van der Waals surface area contributed by atoms with Crippen LogP contribution in [0.15, 0.2) is 24.3 Å². The number of amides is 1. The monoisotopic (exact) mass is 282 g/mol. The summed E-state index contributed by atoms with van der Waals surface area (Å²) in [7, 11) is 0. The maximum atomic E-state index is 11.7. The highest BCUT2D eigenvalue weighted by Crippen LogP contribution is 2.19. The number of carbonyl (C=O) groups is 1. The highest BCUT2D eigenvalue weighted by atomic mass is 35.5. The minimum atomic E-state index is -0.0540. The highest BCUT2D eigenvalue weighted by Gasteiger charge is 2.04. The molecule has 0 aromatic heterocycles. The predicted octanol–water partition coefficient (Wildman–Crippen LogP) is 3.84. The minimum absolute atomic E-state index is 0.0540. The molecule has 0 saturated carbocycles. The largest absolute Gasteiger partial charge is 0.324 e. The van der Waals surface area contributed by atoms with Crippen molar-refractivity contribution in [2.75, 3.05) is 18.4 Å². The highest BCUT2D eigenvalue weighted by molar-refractivity contribution is 6.33. The third kappa shape index (κ3) is 7.19. The smallest absolute Gasteiger partial charge is 0.238 e. The molecule has 0 heterocycles. The van der Waals surface area contributed by atoms with Gasteiger partial charge in [0.25, 0.3) is 0 Å². The molecule has 0 fully saturated rings. The molecule has 0 radical (unpaired) electrons. The van der Waals surface area contributed by atoms with Crippen LogP contribution in [0.5, 0.6) is 0 Å². The Labute approximate surface area is 120 Å². The molecule has 1 aromatic carbocycles. The maximum Gasteiger partial charge on any atom is 0.238 e. The van der Waals surface area contributed by atoms with E-state index in [1.54, 1.807) is 12.1 Å². The van der Waals surface area contributed by atoms with E-state index in [4.69, 9.17) is 11.6 Å². The van der Waals surface area contributed by atoms with Gasteiger partial charge in [-0.2, -0.15) is 0 Å². The van der Waals surface area contributed by atoms with Crippen LogP contribution in [0.1, 0.15) is 39.0 Å². The standard InChI is InChI=1S/C15H23ClN2O/c1-2-3-4-5-8-11-17-12-15(19)18-14-10-7-6-9-13(14)16/h6-7,9-10,17H,2-5,8,11-12H2,1H3,(H,18,19). The van der Waals surface area contributed by atoms with Gasteiger partial charge in [0.15, 0.2) is 0 Å². The molecule has 0 aliphatic rings. The lowest BCUT2D eigenvalue weighted by atomic mass is 10.1. The molecule has 4 heteroatoms. The van der Waals surface area contributed by atoms with Crippen LogP contribution in [-0.4, -0.2) is 19.0 Å². The van der Waals surface area contributed by atoms with Crippen molar-refractivity contribution < 1.29 is 4.79 Å². The van der Waals surface area contributed by atoms with Gasteiger partial charge in [0.05, 0.1) is 17.3 Å². The molecule has 0 bridgehead atoms. The zero-order valence-electron chi connectivity index (χ0n) is 11.5. The van der Waals surface area contributed by atoms with Crippen LogP contribution in [0.3, 0.4) is 0 Å². The van der Waals surface area contributed by atoms with E-state index in [0.29, 0.717) is 17.3 Å². The number of carbonyl (C=O) groups excluding carboxylic acids is 1. The third-order valence-electron chi connectivity index (χ3n) is 2.89. The molecule has 1 rings (SSSR count). The van der Waals surface area contributed by atoms with Crippen LogP contribution in [0.25, 0.3) is 0 Å². The van der Waals surface area contributed by atoms with Gasteiger partial charge in [-0.1, -0.05) is 56.3 Å². The topological polar surface area (TPSA) is 41.1 Å². The van der Waals surface area contributed by atoms with Gasteiger partial charge >= 0.3 is 0 Å². The first-order valence-electron chi connectivity index (χ1n) is 6.99. The van der Waals surface area contributed by atoms with Crippen molar-refractivity contribution in [1.82, 2.24) is 5.32 Å². The Bertz CT molecular complexity index is 382. The van der Waals surface area contributed by atoms with E-state index in [1.165, 1.54) is 25.7 Å². The van der Waals surface area contributed by atoms with Crippen molar-refractivity contribution >= 4 is 23.2 Å². The first kappa shape index (κ1) is 16.0. The molecule has 3 nitrogen and oxygen atoms in total. The second kappa shape index (κ2) is 9.82. The summed E-state index contributed by atoms with van der Waals surface area (Å²) < 4.78 is 0. The Morgan fingerprint density at radius 2 is 1.89 bits per heavy atom. The summed E-state index contributed by atoms with van der Waals surface area (Å²) in [5, 5.41) is 6.50. The SMILES string of the molecule is CCCCCCCNCC(=O)Nc1ccccc1Cl. The van der Waals surface area contributed by atoms with Gasteiger partial charge in [0, 0.05) is 0 Å². The van der Waals surface area contributed by atoms with Gasteiger partial charge in [-0.3, -0.25) is 4.79 Å². The second-order valence-electron chi connectivity index (χ2n) is 4.62. The van der Waals surface area contributed by atoms with Gasteiger partial charge < -0.3 is 10.6 Å². The fourth-order valence-corrected chi connectivity index (χ4v) is 2.00. The number of nitrogens with one attached hydrogen (secondary N) is 2. The lowest BCUT2D eigenvalue weighted by Gasteiger charge is -2.08.